The Labute approximate surface area is 117 Å². The number of hydrogen-bond acceptors (Lipinski definition) is 4. The van der Waals surface area contributed by atoms with Gasteiger partial charge in [-0.05, 0) is 31.0 Å². The molecule has 0 radical (unpaired) electrons. The molecule has 20 heavy (non-hydrogen) atoms. The van der Waals surface area contributed by atoms with Gasteiger partial charge in [0.25, 0.3) is 0 Å². The molecule has 1 aliphatic carbocycles. The van der Waals surface area contributed by atoms with Gasteiger partial charge in [0.1, 0.15) is 5.75 Å². The summed E-state index contributed by atoms with van der Waals surface area (Å²) >= 11 is 0. The van der Waals surface area contributed by atoms with E-state index >= 15 is 0 Å². The highest BCUT2D eigenvalue weighted by molar-refractivity contribution is 6.00. The molecule has 6 nitrogen and oxygen atoms in total. The number of carbonyl (C=O) groups excluding carboxylic acids is 2. The number of primary amides is 1. The van der Waals surface area contributed by atoms with E-state index in [1.54, 1.807) is 12.1 Å². The van der Waals surface area contributed by atoms with Crippen LogP contribution in [0.4, 0.5) is 5.69 Å². The standard InChI is InChI=1S/C14H19N3O3/c1-20-11-4-3-9(12(16)18)7-10(11)17-13(19)14(8-15)5-2-6-14/h3-4,7H,2,5-6,8,15H2,1H3,(H2,16,18)(H,17,19). The molecule has 1 aromatic carbocycles. The molecule has 5 N–H and O–H groups in total. The van der Waals surface area contributed by atoms with Crippen molar-refractivity contribution in [3.05, 3.63) is 23.8 Å². The van der Waals surface area contributed by atoms with E-state index in [2.05, 4.69) is 5.32 Å². The molecular weight excluding hydrogens is 258 g/mol. The molecule has 1 saturated carbocycles. The van der Waals surface area contributed by atoms with E-state index in [1.165, 1.54) is 13.2 Å². The summed E-state index contributed by atoms with van der Waals surface area (Å²) in [6.07, 6.45) is 2.57. The van der Waals surface area contributed by atoms with Crippen molar-refractivity contribution >= 4 is 17.5 Å². The van der Waals surface area contributed by atoms with Gasteiger partial charge in [0.2, 0.25) is 11.8 Å². The Morgan fingerprint density at radius 1 is 1.40 bits per heavy atom. The van der Waals surface area contributed by atoms with Crippen molar-refractivity contribution in [1.29, 1.82) is 0 Å². The molecule has 6 heteroatoms. The third kappa shape index (κ3) is 2.46. The summed E-state index contributed by atoms with van der Waals surface area (Å²) in [5.41, 5.74) is 11.2. The molecule has 0 saturated heterocycles. The minimum Gasteiger partial charge on any atom is -0.495 e. The number of amides is 2. The molecule has 1 aromatic rings. The predicted molar refractivity (Wildman–Crippen MR) is 75.5 cm³/mol. The maximum absolute atomic E-state index is 12.3. The Morgan fingerprint density at radius 2 is 2.10 bits per heavy atom. The molecule has 0 bridgehead atoms. The lowest BCUT2D eigenvalue weighted by Gasteiger charge is -2.39. The fraction of sp³-hybridized carbons (Fsp3) is 0.429. The molecule has 0 atom stereocenters. The Morgan fingerprint density at radius 3 is 2.55 bits per heavy atom. The highest BCUT2D eigenvalue weighted by Gasteiger charge is 2.43. The number of carbonyl (C=O) groups is 2. The predicted octanol–water partition coefficient (Wildman–Crippen LogP) is 0.862. The normalized spacial score (nSPS) is 16.1. The summed E-state index contributed by atoms with van der Waals surface area (Å²) in [6, 6.07) is 4.67. The second kappa shape index (κ2) is 5.50. The van der Waals surface area contributed by atoms with E-state index in [1.807, 2.05) is 0 Å². The zero-order valence-corrected chi connectivity index (χ0v) is 11.4. The van der Waals surface area contributed by atoms with Gasteiger partial charge in [-0.2, -0.15) is 0 Å². The lowest BCUT2D eigenvalue weighted by molar-refractivity contribution is -0.129. The first kappa shape index (κ1) is 14.3. The first-order valence-electron chi connectivity index (χ1n) is 6.52. The number of rotatable bonds is 5. The van der Waals surface area contributed by atoms with Crippen LogP contribution in [0.5, 0.6) is 5.75 Å². The van der Waals surface area contributed by atoms with Crippen LogP contribution in [0.25, 0.3) is 0 Å². The van der Waals surface area contributed by atoms with E-state index in [4.69, 9.17) is 16.2 Å². The van der Waals surface area contributed by atoms with Gasteiger partial charge in [0, 0.05) is 12.1 Å². The van der Waals surface area contributed by atoms with Crippen molar-refractivity contribution in [1.82, 2.24) is 0 Å². The van der Waals surface area contributed by atoms with Crippen LogP contribution in [0.1, 0.15) is 29.6 Å². The van der Waals surface area contributed by atoms with E-state index < -0.39 is 11.3 Å². The van der Waals surface area contributed by atoms with Gasteiger partial charge < -0.3 is 21.5 Å². The molecule has 0 spiro atoms. The Bertz CT molecular complexity index is 533. The molecule has 0 aliphatic heterocycles. The molecule has 0 unspecified atom stereocenters. The van der Waals surface area contributed by atoms with E-state index in [0.29, 0.717) is 23.5 Å². The van der Waals surface area contributed by atoms with Gasteiger partial charge in [-0.15, -0.1) is 0 Å². The summed E-state index contributed by atoms with van der Waals surface area (Å²) in [6.45, 7) is 0.316. The molecule has 1 aliphatic rings. The molecule has 2 amide bonds. The zero-order chi connectivity index (χ0) is 14.8. The Balaban J connectivity index is 2.25. The fourth-order valence-electron chi connectivity index (χ4n) is 2.34. The van der Waals surface area contributed by atoms with E-state index in [-0.39, 0.29) is 5.91 Å². The van der Waals surface area contributed by atoms with Crippen LogP contribution in [0, 0.1) is 5.41 Å². The summed E-state index contributed by atoms with van der Waals surface area (Å²) in [7, 11) is 1.50. The maximum atomic E-state index is 12.3. The summed E-state index contributed by atoms with van der Waals surface area (Å²) in [4.78, 5) is 23.5. The number of nitrogens with one attached hydrogen (secondary N) is 1. The zero-order valence-electron chi connectivity index (χ0n) is 11.4. The van der Waals surface area contributed by atoms with Crippen molar-refractivity contribution < 1.29 is 14.3 Å². The molecule has 108 valence electrons. The van der Waals surface area contributed by atoms with Crippen molar-refractivity contribution in [2.45, 2.75) is 19.3 Å². The quantitative estimate of drug-likeness (QED) is 0.741. The number of ether oxygens (including phenoxy) is 1. The third-order valence-electron chi connectivity index (χ3n) is 3.92. The van der Waals surface area contributed by atoms with Gasteiger partial charge >= 0.3 is 0 Å². The fourth-order valence-corrected chi connectivity index (χ4v) is 2.34. The topological polar surface area (TPSA) is 107 Å². The highest BCUT2D eigenvalue weighted by Crippen LogP contribution is 2.41. The van der Waals surface area contributed by atoms with Crippen LogP contribution in [-0.4, -0.2) is 25.5 Å². The Kier molecular flexibility index (Phi) is 3.94. The van der Waals surface area contributed by atoms with Gasteiger partial charge in [-0.1, -0.05) is 6.42 Å². The van der Waals surface area contributed by atoms with Crippen LogP contribution in [0.2, 0.25) is 0 Å². The van der Waals surface area contributed by atoms with Crippen LogP contribution in [-0.2, 0) is 4.79 Å². The first-order valence-corrected chi connectivity index (χ1v) is 6.52. The Hall–Kier alpha value is -2.08. The minimum absolute atomic E-state index is 0.133. The molecule has 0 aromatic heterocycles. The lowest BCUT2D eigenvalue weighted by atomic mass is 9.68. The van der Waals surface area contributed by atoms with Crippen LogP contribution in [0.15, 0.2) is 18.2 Å². The number of methoxy groups -OCH3 is 1. The van der Waals surface area contributed by atoms with Crippen molar-refractivity contribution in [3.8, 4) is 5.75 Å². The molecule has 2 rings (SSSR count). The molecular formula is C14H19N3O3. The van der Waals surface area contributed by atoms with Crippen LogP contribution in [0.3, 0.4) is 0 Å². The monoisotopic (exact) mass is 277 g/mol. The van der Waals surface area contributed by atoms with E-state index in [9.17, 15) is 9.59 Å². The highest BCUT2D eigenvalue weighted by atomic mass is 16.5. The van der Waals surface area contributed by atoms with E-state index in [0.717, 1.165) is 19.3 Å². The number of nitrogens with two attached hydrogens (primary N) is 2. The van der Waals surface area contributed by atoms with Gasteiger partial charge in [-0.25, -0.2) is 0 Å². The number of benzene rings is 1. The summed E-state index contributed by atoms with van der Waals surface area (Å²) in [5, 5.41) is 2.80. The smallest absolute Gasteiger partial charge is 0.248 e. The first-order chi connectivity index (χ1) is 9.52. The van der Waals surface area contributed by atoms with Gasteiger partial charge in [0.05, 0.1) is 18.2 Å². The van der Waals surface area contributed by atoms with Crippen molar-refractivity contribution in [2.24, 2.45) is 16.9 Å². The SMILES string of the molecule is COc1ccc(C(N)=O)cc1NC(=O)C1(CN)CCC1. The molecule has 1 fully saturated rings. The largest absolute Gasteiger partial charge is 0.495 e. The lowest BCUT2D eigenvalue weighted by Crippen LogP contribution is -2.47. The summed E-state index contributed by atoms with van der Waals surface area (Å²) in [5.74, 6) is -0.207. The number of hydrogen-bond donors (Lipinski definition) is 3. The van der Waals surface area contributed by atoms with Crippen LogP contribution >= 0.6 is 0 Å². The third-order valence-corrected chi connectivity index (χ3v) is 3.92. The minimum atomic E-state index is -0.555. The van der Waals surface area contributed by atoms with Gasteiger partial charge in [0.15, 0.2) is 0 Å². The number of anilines is 1. The molecule has 0 heterocycles. The van der Waals surface area contributed by atoms with Gasteiger partial charge in [-0.3, -0.25) is 9.59 Å². The average molecular weight is 277 g/mol. The second-order valence-electron chi connectivity index (χ2n) is 5.07. The van der Waals surface area contributed by atoms with Crippen molar-refractivity contribution in [2.75, 3.05) is 19.0 Å². The second-order valence-corrected chi connectivity index (χ2v) is 5.07. The average Bonchev–Trinajstić information content (AvgIpc) is 2.37. The van der Waals surface area contributed by atoms with Crippen molar-refractivity contribution in [3.63, 3.8) is 0 Å². The summed E-state index contributed by atoms with van der Waals surface area (Å²) < 4.78 is 5.18. The van der Waals surface area contributed by atoms with Crippen LogP contribution < -0.4 is 21.5 Å². The maximum Gasteiger partial charge on any atom is 0.248 e.